The number of fused-ring (bicyclic) bond motifs is 1. The minimum absolute atomic E-state index is 0.373. The zero-order valence-electron chi connectivity index (χ0n) is 14.9. The van der Waals surface area contributed by atoms with Gasteiger partial charge in [-0.15, -0.1) is 0 Å². The van der Waals surface area contributed by atoms with Gasteiger partial charge >= 0.3 is 0 Å². The molecular weight excluding hydrogens is 340 g/mol. The largest absolute Gasteiger partial charge is 0.383 e. The van der Waals surface area contributed by atoms with Gasteiger partial charge in [-0.1, -0.05) is 18.2 Å². The standard InChI is InChI=1S/C11H10N4.C9H10N2O/c12-5-9-4-10(7-15-11(9)13)8-2-1-3-14-6-8;1-12-5-7-3-2-4-8-9(7)11-6-10-8/h1-7,12H,(H2,13,15);2-4,6H,5H2,1H3,(H,10,11). The minimum atomic E-state index is 0.373. The van der Waals surface area contributed by atoms with E-state index >= 15 is 0 Å². The van der Waals surface area contributed by atoms with Crippen LogP contribution in [-0.4, -0.2) is 33.3 Å². The van der Waals surface area contributed by atoms with Crippen LogP contribution in [0.4, 0.5) is 5.82 Å². The van der Waals surface area contributed by atoms with E-state index in [0.29, 0.717) is 18.0 Å². The van der Waals surface area contributed by atoms with Crippen molar-refractivity contribution in [2.24, 2.45) is 0 Å². The van der Waals surface area contributed by atoms with Gasteiger partial charge in [-0.2, -0.15) is 0 Å². The van der Waals surface area contributed by atoms with Crippen molar-refractivity contribution in [3.63, 3.8) is 0 Å². The topological polar surface area (TPSA) is 114 Å². The number of H-pyrrole nitrogens is 1. The maximum Gasteiger partial charge on any atom is 0.132 e. The number of nitrogens with zero attached hydrogens (tertiary/aromatic N) is 3. The summed E-state index contributed by atoms with van der Waals surface area (Å²) in [6.07, 6.45) is 8.04. The average Bonchev–Trinajstić information content (AvgIpc) is 3.20. The molecular formula is C20H20N6O. The van der Waals surface area contributed by atoms with Crippen LogP contribution >= 0.6 is 0 Å². The molecule has 3 heterocycles. The van der Waals surface area contributed by atoms with Gasteiger partial charge in [-0.3, -0.25) is 4.98 Å². The monoisotopic (exact) mass is 360 g/mol. The van der Waals surface area contributed by atoms with Crippen molar-refractivity contribution in [3.8, 4) is 11.1 Å². The second kappa shape index (κ2) is 8.68. The number of para-hydroxylation sites is 1. The maximum absolute atomic E-state index is 7.18. The third kappa shape index (κ3) is 4.34. The summed E-state index contributed by atoms with van der Waals surface area (Å²) in [7, 11) is 1.69. The molecule has 1 aromatic carbocycles. The molecule has 136 valence electrons. The lowest BCUT2D eigenvalue weighted by molar-refractivity contribution is 0.186. The Morgan fingerprint density at radius 3 is 2.78 bits per heavy atom. The summed E-state index contributed by atoms with van der Waals surface area (Å²) in [5.74, 6) is 0.373. The van der Waals surface area contributed by atoms with Gasteiger partial charge in [0.2, 0.25) is 0 Å². The summed E-state index contributed by atoms with van der Waals surface area (Å²) >= 11 is 0. The lowest BCUT2D eigenvalue weighted by atomic mass is 10.1. The number of nitrogens with two attached hydrogens (primary N) is 1. The van der Waals surface area contributed by atoms with Gasteiger partial charge in [-0.25, -0.2) is 9.97 Å². The Kier molecular flexibility index (Phi) is 5.86. The molecule has 0 saturated carbocycles. The van der Waals surface area contributed by atoms with Crippen molar-refractivity contribution >= 4 is 23.1 Å². The molecule has 0 aliphatic rings. The van der Waals surface area contributed by atoms with Crippen LogP contribution in [0.3, 0.4) is 0 Å². The summed E-state index contributed by atoms with van der Waals surface area (Å²) in [5, 5.41) is 7.18. The number of anilines is 1. The van der Waals surface area contributed by atoms with Crippen molar-refractivity contribution in [2.75, 3.05) is 12.8 Å². The number of aromatic nitrogens is 4. The molecule has 0 aliphatic carbocycles. The van der Waals surface area contributed by atoms with E-state index in [0.717, 1.165) is 27.7 Å². The number of nitrogens with one attached hydrogen (secondary N) is 2. The molecule has 0 radical (unpaired) electrons. The molecule has 0 spiro atoms. The summed E-state index contributed by atoms with van der Waals surface area (Å²) in [6, 6.07) is 11.6. The fourth-order valence-corrected chi connectivity index (χ4v) is 2.60. The molecule has 7 heteroatoms. The van der Waals surface area contributed by atoms with Gasteiger partial charge in [0.15, 0.2) is 0 Å². The summed E-state index contributed by atoms with van der Waals surface area (Å²) in [4.78, 5) is 15.3. The zero-order valence-corrected chi connectivity index (χ0v) is 14.9. The van der Waals surface area contributed by atoms with Crippen molar-refractivity contribution < 1.29 is 4.74 Å². The lowest BCUT2D eigenvalue weighted by Gasteiger charge is -2.03. The van der Waals surface area contributed by atoms with Crippen molar-refractivity contribution in [1.29, 1.82) is 5.41 Å². The normalized spacial score (nSPS) is 10.3. The van der Waals surface area contributed by atoms with Crippen LogP contribution in [0.15, 0.2) is 61.3 Å². The van der Waals surface area contributed by atoms with Gasteiger partial charge in [0.05, 0.1) is 24.0 Å². The maximum atomic E-state index is 7.18. The SMILES string of the molecule is COCc1cccc2[nH]cnc12.N=Cc1cc(-c2cccnc2)cnc1N. The Hall–Kier alpha value is -3.58. The zero-order chi connectivity index (χ0) is 19.1. The molecule has 3 aromatic heterocycles. The van der Waals surface area contributed by atoms with Crippen LogP contribution < -0.4 is 5.73 Å². The van der Waals surface area contributed by atoms with Crippen LogP contribution in [0.25, 0.3) is 22.2 Å². The number of pyridine rings is 2. The lowest BCUT2D eigenvalue weighted by Crippen LogP contribution is -1.96. The van der Waals surface area contributed by atoms with E-state index in [4.69, 9.17) is 15.9 Å². The molecule has 0 saturated heterocycles. The summed E-state index contributed by atoms with van der Waals surface area (Å²) in [5.41, 5.74) is 11.3. The molecule has 4 N–H and O–H groups in total. The molecule has 4 rings (SSSR count). The van der Waals surface area contributed by atoms with E-state index in [9.17, 15) is 0 Å². The summed E-state index contributed by atoms with van der Waals surface area (Å²) in [6.45, 7) is 0.613. The summed E-state index contributed by atoms with van der Waals surface area (Å²) < 4.78 is 5.05. The highest BCUT2D eigenvalue weighted by atomic mass is 16.5. The number of benzene rings is 1. The van der Waals surface area contributed by atoms with E-state index in [2.05, 4.69) is 19.9 Å². The van der Waals surface area contributed by atoms with Crippen LogP contribution in [0, 0.1) is 5.41 Å². The first-order valence-corrected chi connectivity index (χ1v) is 8.29. The van der Waals surface area contributed by atoms with Crippen molar-refractivity contribution in [2.45, 2.75) is 6.61 Å². The number of rotatable bonds is 4. The van der Waals surface area contributed by atoms with E-state index in [1.54, 1.807) is 32.0 Å². The Balaban J connectivity index is 0.000000159. The predicted molar refractivity (Wildman–Crippen MR) is 107 cm³/mol. The number of methoxy groups -OCH3 is 1. The molecule has 4 aromatic rings. The number of hydrogen-bond donors (Lipinski definition) is 3. The minimum Gasteiger partial charge on any atom is -0.383 e. The van der Waals surface area contributed by atoms with Crippen LogP contribution in [0.5, 0.6) is 0 Å². The number of imidazole rings is 1. The highest BCUT2D eigenvalue weighted by molar-refractivity contribution is 5.85. The number of aromatic amines is 1. The fourth-order valence-electron chi connectivity index (χ4n) is 2.60. The highest BCUT2D eigenvalue weighted by Gasteiger charge is 2.02. The van der Waals surface area contributed by atoms with Crippen molar-refractivity contribution in [3.05, 3.63) is 72.4 Å². The number of hydrogen-bond acceptors (Lipinski definition) is 6. The fraction of sp³-hybridized carbons (Fsp3) is 0.100. The van der Waals surface area contributed by atoms with E-state index in [-0.39, 0.29) is 0 Å². The predicted octanol–water partition coefficient (Wildman–Crippen LogP) is 3.43. The molecule has 7 nitrogen and oxygen atoms in total. The van der Waals surface area contributed by atoms with Gasteiger partial charge in [0.25, 0.3) is 0 Å². The Morgan fingerprint density at radius 1 is 1.15 bits per heavy atom. The Labute approximate surface area is 156 Å². The molecule has 0 bridgehead atoms. The average molecular weight is 360 g/mol. The molecule has 0 amide bonds. The van der Waals surface area contributed by atoms with Crippen molar-refractivity contribution in [1.82, 2.24) is 19.9 Å². The first kappa shape index (κ1) is 18.2. The van der Waals surface area contributed by atoms with E-state index in [1.165, 1.54) is 6.21 Å². The van der Waals surface area contributed by atoms with Gasteiger partial charge in [0, 0.05) is 54.2 Å². The first-order valence-electron chi connectivity index (χ1n) is 8.29. The quantitative estimate of drug-likeness (QED) is 0.482. The third-order valence-electron chi connectivity index (χ3n) is 3.93. The first-order chi connectivity index (χ1) is 13.2. The van der Waals surface area contributed by atoms with E-state index < -0.39 is 0 Å². The molecule has 0 unspecified atom stereocenters. The molecule has 0 atom stereocenters. The Morgan fingerprint density at radius 2 is 2.04 bits per heavy atom. The molecule has 0 fully saturated rings. The van der Waals surface area contributed by atoms with Gasteiger partial charge in [-0.05, 0) is 18.2 Å². The van der Waals surface area contributed by atoms with Crippen LogP contribution in [-0.2, 0) is 11.3 Å². The Bertz CT molecular complexity index is 1030. The second-order valence-corrected chi connectivity index (χ2v) is 5.73. The molecule has 0 aliphatic heterocycles. The van der Waals surface area contributed by atoms with Crippen LogP contribution in [0.2, 0.25) is 0 Å². The smallest absolute Gasteiger partial charge is 0.132 e. The van der Waals surface area contributed by atoms with Crippen LogP contribution in [0.1, 0.15) is 11.1 Å². The van der Waals surface area contributed by atoms with E-state index in [1.807, 2.05) is 36.4 Å². The number of ether oxygens (including phenoxy) is 1. The van der Waals surface area contributed by atoms with Gasteiger partial charge in [0.1, 0.15) is 5.82 Å². The number of nitrogen functional groups attached to an aromatic ring is 1. The van der Waals surface area contributed by atoms with Gasteiger partial charge < -0.3 is 20.9 Å². The third-order valence-corrected chi connectivity index (χ3v) is 3.93. The second-order valence-electron chi connectivity index (χ2n) is 5.73. The molecule has 27 heavy (non-hydrogen) atoms. The highest BCUT2D eigenvalue weighted by Crippen LogP contribution is 2.19.